The van der Waals surface area contributed by atoms with E-state index in [2.05, 4.69) is 17.1 Å². The highest BCUT2D eigenvalue weighted by Gasteiger charge is 2.35. The van der Waals surface area contributed by atoms with Crippen LogP contribution in [0, 0.1) is 0 Å². The number of hydrogen-bond acceptors (Lipinski definition) is 3. The van der Waals surface area contributed by atoms with E-state index in [1.807, 2.05) is 0 Å². The lowest BCUT2D eigenvalue weighted by molar-refractivity contribution is 0.242. The van der Waals surface area contributed by atoms with Crippen molar-refractivity contribution in [1.29, 1.82) is 0 Å². The first kappa shape index (κ1) is 15.5. The SMILES string of the molecule is C=CCN1N=C(C(Cl)(Cl)Cl)C=C(C(Cl)(Cl)Cl)N1. The van der Waals surface area contributed by atoms with Gasteiger partial charge in [-0.25, -0.2) is 5.12 Å². The first-order valence-corrected chi connectivity index (χ1v) is 6.51. The lowest BCUT2D eigenvalue weighted by atomic mass is 10.3. The average Bonchev–Trinajstić information content (AvgIpc) is 2.15. The molecule has 96 valence electrons. The number of hydrazone groups is 1. The second-order valence-corrected chi connectivity index (χ2v) is 7.58. The first-order chi connectivity index (χ1) is 7.64. The van der Waals surface area contributed by atoms with Gasteiger partial charge in [0.25, 0.3) is 0 Å². The van der Waals surface area contributed by atoms with E-state index >= 15 is 0 Å². The van der Waals surface area contributed by atoms with E-state index in [1.165, 1.54) is 11.2 Å². The minimum absolute atomic E-state index is 0.143. The molecule has 0 bridgehead atoms. The summed E-state index contributed by atoms with van der Waals surface area (Å²) in [5.41, 5.74) is 3.14. The summed E-state index contributed by atoms with van der Waals surface area (Å²) in [6.07, 6.45) is 2.97. The molecule has 9 heteroatoms. The Labute approximate surface area is 129 Å². The number of halogens is 6. The van der Waals surface area contributed by atoms with Crippen LogP contribution in [0.4, 0.5) is 0 Å². The largest absolute Gasteiger partial charge is 0.282 e. The highest BCUT2D eigenvalue weighted by atomic mass is 35.6. The third-order valence-electron chi connectivity index (χ3n) is 1.66. The summed E-state index contributed by atoms with van der Waals surface area (Å²) in [7, 11) is 0. The van der Waals surface area contributed by atoms with Gasteiger partial charge in [-0.15, -0.1) is 6.58 Å². The van der Waals surface area contributed by atoms with Gasteiger partial charge in [0.15, 0.2) is 0 Å². The lowest BCUT2D eigenvalue weighted by Gasteiger charge is -2.30. The maximum Gasteiger partial charge on any atom is 0.234 e. The van der Waals surface area contributed by atoms with Crippen LogP contribution in [0.15, 0.2) is 29.5 Å². The van der Waals surface area contributed by atoms with Crippen molar-refractivity contribution < 1.29 is 0 Å². The second-order valence-electron chi connectivity index (χ2n) is 3.02. The van der Waals surface area contributed by atoms with E-state index in [-0.39, 0.29) is 11.4 Å². The number of hydrazine groups is 1. The molecular weight excluding hydrogens is 351 g/mol. The van der Waals surface area contributed by atoms with Crippen molar-refractivity contribution in [3.05, 3.63) is 24.4 Å². The van der Waals surface area contributed by atoms with E-state index in [4.69, 9.17) is 69.6 Å². The standard InChI is InChI=1S/C8H7Cl6N3/c1-2-3-17-15-5(7(9,10)11)4-6(16-17)8(12,13)14/h2,4,15H,1,3H2. The van der Waals surface area contributed by atoms with Gasteiger partial charge in [-0.3, -0.25) is 5.43 Å². The topological polar surface area (TPSA) is 27.6 Å². The molecule has 1 rings (SSSR count). The average molecular weight is 358 g/mol. The molecule has 0 atom stereocenters. The minimum atomic E-state index is -1.71. The summed E-state index contributed by atoms with van der Waals surface area (Å²) in [6, 6.07) is 0. The van der Waals surface area contributed by atoms with Gasteiger partial charge in [0.2, 0.25) is 7.59 Å². The summed E-state index contributed by atoms with van der Waals surface area (Å²) in [5.74, 6) is 0. The van der Waals surface area contributed by atoms with Gasteiger partial charge in [-0.2, -0.15) is 5.10 Å². The zero-order valence-electron chi connectivity index (χ0n) is 8.23. The molecule has 1 aliphatic rings. The molecule has 1 heterocycles. The third-order valence-corrected chi connectivity index (χ3v) is 2.85. The van der Waals surface area contributed by atoms with Gasteiger partial charge in [0, 0.05) is 0 Å². The normalized spacial score (nSPS) is 17.2. The Morgan fingerprint density at radius 3 is 2.24 bits per heavy atom. The summed E-state index contributed by atoms with van der Waals surface area (Å²) >= 11 is 34.5. The summed E-state index contributed by atoms with van der Waals surface area (Å²) in [4.78, 5) is 0. The first-order valence-electron chi connectivity index (χ1n) is 4.24. The molecule has 0 fully saturated rings. The highest BCUT2D eigenvalue weighted by molar-refractivity contribution is 6.77. The molecule has 0 saturated heterocycles. The fourth-order valence-corrected chi connectivity index (χ4v) is 1.55. The molecule has 0 spiro atoms. The molecule has 0 unspecified atom stereocenters. The molecule has 0 aromatic carbocycles. The molecule has 0 aliphatic carbocycles. The monoisotopic (exact) mass is 355 g/mol. The quantitative estimate of drug-likeness (QED) is 0.598. The van der Waals surface area contributed by atoms with Crippen LogP contribution in [0.2, 0.25) is 0 Å². The van der Waals surface area contributed by atoms with Crippen molar-refractivity contribution in [2.45, 2.75) is 7.59 Å². The van der Waals surface area contributed by atoms with Crippen molar-refractivity contribution in [2.75, 3.05) is 6.54 Å². The van der Waals surface area contributed by atoms with Crippen LogP contribution < -0.4 is 5.43 Å². The summed E-state index contributed by atoms with van der Waals surface area (Å²) < 4.78 is -3.38. The van der Waals surface area contributed by atoms with Gasteiger partial charge in [0.05, 0.1) is 12.2 Å². The number of rotatable bonds is 2. The van der Waals surface area contributed by atoms with Crippen molar-refractivity contribution in [3.63, 3.8) is 0 Å². The Balaban J connectivity index is 3.08. The molecule has 0 aromatic rings. The molecule has 0 amide bonds. The highest BCUT2D eigenvalue weighted by Crippen LogP contribution is 2.37. The van der Waals surface area contributed by atoms with E-state index in [9.17, 15) is 0 Å². The molecule has 1 aliphatic heterocycles. The fraction of sp³-hybridized carbons (Fsp3) is 0.375. The zero-order valence-corrected chi connectivity index (χ0v) is 12.8. The third kappa shape index (κ3) is 4.58. The summed E-state index contributed by atoms with van der Waals surface area (Å²) in [5, 5.41) is 5.37. The second kappa shape index (κ2) is 5.64. The van der Waals surface area contributed by atoms with E-state index < -0.39 is 7.59 Å². The smallest absolute Gasteiger partial charge is 0.234 e. The Kier molecular flexibility index (Phi) is 5.16. The molecule has 0 saturated carbocycles. The Morgan fingerprint density at radius 1 is 1.24 bits per heavy atom. The molecule has 0 aromatic heterocycles. The van der Waals surface area contributed by atoms with Gasteiger partial charge in [0.1, 0.15) is 5.71 Å². The number of alkyl halides is 6. The predicted molar refractivity (Wildman–Crippen MR) is 76.1 cm³/mol. The van der Waals surface area contributed by atoms with E-state index in [0.717, 1.165) is 0 Å². The summed E-state index contributed by atoms with van der Waals surface area (Å²) in [6.45, 7) is 3.91. The van der Waals surface area contributed by atoms with Crippen LogP contribution in [-0.2, 0) is 0 Å². The van der Waals surface area contributed by atoms with E-state index in [1.54, 1.807) is 6.08 Å². The maximum absolute atomic E-state index is 5.76. The molecule has 1 N–H and O–H groups in total. The maximum atomic E-state index is 5.76. The number of hydrogen-bond donors (Lipinski definition) is 1. The lowest BCUT2D eigenvalue weighted by Crippen LogP contribution is -2.43. The number of allylic oxidation sites excluding steroid dienone is 2. The van der Waals surface area contributed by atoms with Crippen molar-refractivity contribution in [2.24, 2.45) is 5.10 Å². The van der Waals surface area contributed by atoms with Gasteiger partial charge >= 0.3 is 0 Å². The van der Waals surface area contributed by atoms with Crippen molar-refractivity contribution in [3.8, 4) is 0 Å². The van der Waals surface area contributed by atoms with Crippen LogP contribution >= 0.6 is 69.6 Å². The van der Waals surface area contributed by atoms with Crippen LogP contribution in [0.1, 0.15) is 0 Å². The van der Waals surface area contributed by atoms with Gasteiger partial charge in [-0.1, -0.05) is 75.7 Å². The number of nitrogens with one attached hydrogen (secondary N) is 1. The van der Waals surface area contributed by atoms with Crippen LogP contribution in [0.5, 0.6) is 0 Å². The number of nitrogens with zero attached hydrogens (tertiary/aromatic N) is 2. The van der Waals surface area contributed by atoms with Crippen molar-refractivity contribution >= 4 is 75.3 Å². The van der Waals surface area contributed by atoms with Crippen LogP contribution in [0.3, 0.4) is 0 Å². The van der Waals surface area contributed by atoms with Crippen molar-refractivity contribution in [1.82, 2.24) is 10.5 Å². The fourth-order valence-electron chi connectivity index (χ4n) is 0.984. The van der Waals surface area contributed by atoms with Crippen LogP contribution in [-0.4, -0.2) is 25.0 Å². The van der Waals surface area contributed by atoms with Gasteiger partial charge in [-0.05, 0) is 6.08 Å². The predicted octanol–water partition coefficient (Wildman–Crippen LogP) is 3.97. The van der Waals surface area contributed by atoms with E-state index in [0.29, 0.717) is 6.54 Å². The molecule has 0 radical (unpaired) electrons. The van der Waals surface area contributed by atoms with Gasteiger partial charge < -0.3 is 0 Å². The molecular formula is C8H7Cl6N3. The minimum Gasteiger partial charge on any atom is -0.282 e. The Hall–Kier alpha value is 0.490. The Bertz CT molecular complexity index is 364. The Morgan fingerprint density at radius 2 is 1.82 bits per heavy atom. The van der Waals surface area contributed by atoms with Crippen LogP contribution in [0.25, 0.3) is 0 Å². The molecule has 3 nitrogen and oxygen atoms in total. The molecule has 17 heavy (non-hydrogen) atoms. The zero-order chi connectivity index (χ0) is 13.3.